The van der Waals surface area contributed by atoms with Crippen molar-refractivity contribution in [2.75, 3.05) is 54.1 Å². The van der Waals surface area contributed by atoms with Gasteiger partial charge < -0.3 is 27.9 Å². The Morgan fingerprint density at radius 1 is 0.449 bits per heavy atom. The summed E-state index contributed by atoms with van der Waals surface area (Å²) in [6.45, 7) is 5.41. The molecule has 0 amide bonds. The third-order valence-corrected chi connectivity index (χ3v) is 13.5. The first-order valence-corrected chi connectivity index (χ1v) is 30.5. The van der Waals surface area contributed by atoms with Gasteiger partial charge in [0.2, 0.25) is 0 Å². The molecule has 0 aromatic heterocycles. The lowest BCUT2D eigenvalue weighted by Gasteiger charge is -2.28. The minimum atomic E-state index is -4.54. The number of nitrogens with zero attached hydrogens (tertiary/aromatic N) is 1. The summed E-state index contributed by atoms with van der Waals surface area (Å²) in [5.41, 5.74) is 0. The van der Waals surface area contributed by atoms with Crippen LogP contribution < -0.4 is 4.89 Å². The lowest BCUT2D eigenvalue weighted by molar-refractivity contribution is -0.870. The van der Waals surface area contributed by atoms with Crippen LogP contribution in [0.15, 0.2) is 60.8 Å². The number of carbonyl (C=O) groups excluding carboxylic acids is 1. The van der Waals surface area contributed by atoms with Crippen LogP contribution >= 0.6 is 7.82 Å². The maximum Gasteiger partial charge on any atom is 0.306 e. The summed E-state index contributed by atoms with van der Waals surface area (Å²) in [6, 6.07) is 0. The van der Waals surface area contributed by atoms with Crippen molar-refractivity contribution >= 4 is 13.8 Å². The minimum Gasteiger partial charge on any atom is -0.756 e. The minimum absolute atomic E-state index is 0.0231. The van der Waals surface area contributed by atoms with Crippen molar-refractivity contribution in [3.63, 3.8) is 0 Å². The molecule has 2 atom stereocenters. The summed E-state index contributed by atoms with van der Waals surface area (Å²) in [5.74, 6) is -0.337. The second kappa shape index (κ2) is 52.5. The third kappa shape index (κ3) is 57.0. The maximum atomic E-state index is 12.8. The second-order valence-corrected chi connectivity index (χ2v) is 22.1. The maximum absolute atomic E-state index is 12.8. The second-order valence-electron chi connectivity index (χ2n) is 20.6. The number of ether oxygens (including phenoxy) is 2. The molecule has 0 rings (SSSR count). The number of allylic oxidation sites excluding steroid dienone is 10. The molecule has 0 aromatic rings. The molecule has 8 nitrogen and oxygen atoms in total. The first-order valence-electron chi connectivity index (χ1n) is 29.0. The molecule has 9 heteroatoms. The molecule has 0 N–H and O–H groups in total. The predicted molar refractivity (Wildman–Crippen MR) is 296 cm³/mol. The Kier molecular flexibility index (Phi) is 51.2. The molecule has 0 aliphatic heterocycles. The van der Waals surface area contributed by atoms with E-state index in [2.05, 4.69) is 74.6 Å². The first-order chi connectivity index (χ1) is 33.6. The van der Waals surface area contributed by atoms with Crippen molar-refractivity contribution in [1.29, 1.82) is 0 Å². The third-order valence-electron chi connectivity index (χ3n) is 12.5. The molecule has 404 valence electrons. The van der Waals surface area contributed by atoms with Crippen molar-refractivity contribution in [3.8, 4) is 0 Å². The van der Waals surface area contributed by atoms with Gasteiger partial charge in [-0.15, -0.1) is 0 Å². The quantitative estimate of drug-likeness (QED) is 0.0197. The molecule has 2 unspecified atom stereocenters. The summed E-state index contributed by atoms with van der Waals surface area (Å²) < 4.78 is 34.9. The van der Waals surface area contributed by atoms with Gasteiger partial charge in [-0.25, -0.2) is 0 Å². The van der Waals surface area contributed by atoms with E-state index in [1.165, 1.54) is 186 Å². The number of hydrogen-bond donors (Lipinski definition) is 0. The van der Waals surface area contributed by atoms with Gasteiger partial charge in [-0.1, -0.05) is 229 Å². The molecule has 0 aliphatic rings. The summed E-state index contributed by atoms with van der Waals surface area (Å²) in [4.78, 5) is 25.3. The monoisotopic (exact) mass is 990 g/mol. The molecular weight excluding hydrogens is 878 g/mol. The summed E-state index contributed by atoms with van der Waals surface area (Å²) in [7, 11) is 1.35. The molecule has 0 saturated carbocycles. The predicted octanol–water partition coefficient (Wildman–Crippen LogP) is 17.8. The average molecular weight is 991 g/mol. The normalized spacial score (nSPS) is 13.9. The molecule has 0 radical (unpaired) electrons. The van der Waals surface area contributed by atoms with Gasteiger partial charge in [0.25, 0.3) is 7.82 Å². The van der Waals surface area contributed by atoms with E-state index in [-0.39, 0.29) is 25.8 Å². The molecule has 0 saturated heterocycles. The van der Waals surface area contributed by atoms with Gasteiger partial charge in [0.15, 0.2) is 0 Å². The topological polar surface area (TPSA) is 94.1 Å². The number of carbonyl (C=O) groups is 1. The number of phosphoric acid groups is 1. The van der Waals surface area contributed by atoms with Crippen molar-refractivity contribution in [3.05, 3.63) is 60.8 Å². The summed E-state index contributed by atoms with van der Waals surface area (Å²) in [6.07, 6.45) is 68.3. The Morgan fingerprint density at radius 2 is 0.797 bits per heavy atom. The fourth-order valence-corrected chi connectivity index (χ4v) is 8.78. The van der Waals surface area contributed by atoms with Crippen LogP contribution in [0, 0.1) is 0 Å². The van der Waals surface area contributed by atoms with Crippen LogP contribution in [0.3, 0.4) is 0 Å². The van der Waals surface area contributed by atoms with E-state index in [1.54, 1.807) is 0 Å². The van der Waals surface area contributed by atoms with E-state index < -0.39 is 13.9 Å². The Morgan fingerprint density at radius 3 is 1.19 bits per heavy atom. The van der Waals surface area contributed by atoms with Crippen LogP contribution in [0.4, 0.5) is 0 Å². The van der Waals surface area contributed by atoms with E-state index in [0.717, 1.165) is 51.4 Å². The highest BCUT2D eigenvalue weighted by molar-refractivity contribution is 7.45. The highest BCUT2D eigenvalue weighted by atomic mass is 31.2. The zero-order valence-electron chi connectivity index (χ0n) is 46.0. The molecule has 0 bridgehead atoms. The molecule has 0 spiro atoms. The van der Waals surface area contributed by atoms with Gasteiger partial charge in [-0.3, -0.25) is 9.36 Å². The molecule has 0 fully saturated rings. The number of unbranched alkanes of at least 4 members (excludes halogenated alkanes) is 30. The van der Waals surface area contributed by atoms with Crippen LogP contribution in [-0.2, 0) is 27.9 Å². The zero-order valence-corrected chi connectivity index (χ0v) is 46.9. The van der Waals surface area contributed by atoms with Crippen LogP contribution in [0.2, 0.25) is 0 Å². The van der Waals surface area contributed by atoms with E-state index in [0.29, 0.717) is 24.1 Å². The smallest absolute Gasteiger partial charge is 0.306 e. The molecule has 69 heavy (non-hydrogen) atoms. The Labute approximate surface area is 428 Å². The van der Waals surface area contributed by atoms with Crippen molar-refractivity contribution < 1.29 is 37.3 Å². The Hall–Kier alpha value is -1.80. The van der Waals surface area contributed by atoms with E-state index >= 15 is 0 Å². The standard InChI is InChI=1S/C60H112NO7P/c1-6-8-10-12-14-16-18-20-22-24-26-28-30-31-32-33-35-37-39-41-43-45-47-49-51-53-60(62)68-59(58-67-69(63,64)66-56-54-61(3,4)5)57-65-55-52-50-48-46-44-42-40-38-36-34-29-27-25-23-21-19-17-15-13-11-9-7-2/h18-21,24-27,30-31,59H,6-17,22-23,28-29,32-58H2,1-5H3/b20-18-,21-19-,26-24-,27-25-,31-30-. The van der Waals surface area contributed by atoms with Crippen LogP contribution in [0.25, 0.3) is 0 Å². The lowest BCUT2D eigenvalue weighted by Crippen LogP contribution is -2.37. The van der Waals surface area contributed by atoms with E-state index in [9.17, 15) is 14.3 Å². The first kappa shape index (κ1) is 67.2. The van der Waals surface area contributed by atoms with Crippen LogP contribution in [-0.4, -0.2) is 70.7 Å². The molecule has 0 heterocycles. The number of likely N-dealkylation sites (N-methyl/N-ethyl adjacent to an activating group) is 1. The van der Waals surface area contributed by atoms with Crippen LogP contribution in [0.1, 0.15) is 258 Å². The largest absolute Gasteiger partial charge is 0.756 e. The zero-order chi connectivity index (χ0) is 50.5. The highest BCUT2D eigenvalue weighted by Crippen LogP contribution is 2.38. The Balaban J connectivity index is 4.10. The highest BCUT2D eigenvalue weighted by Gasteiger charge is 2.20. The number of hydrogen-bond acceptors (Lipinski definition) is 7. The van der Waals surface area contributed by atoms with E-state index in [4.69, 9.17) is 18.5 Å². The van der Waals surface area contributed by atoms with Gasteiger partial charge in [-0.05, 0) is 83.5 Å². The number of esters is 1. The molecule has 0 aromatic carbocycles. The Bertz CT molecular complexity index is 1290. The van der Waals surface area contributed by atoms with Crippen molar-refractivity contribution in [2.24, 2.45) is 0 Å². The van der Waals surface area contributed by atoms with E-state index in [1.807, 2.05) is 21.1 Å². The fourth-order valence-electron chi connectivity index (χ4n) is 8.06. The summed E-state index contributed by atoms with van der Waals surface area (Å²) in [5, 5.41) is 0. The lowest BCUT2D eigenvalue weighted by atomic mass is 10.0. The number of phosphoric ester groups is 1. The molecular formula is C60H112NO7P. The summed E-state index contributed by atoms with van der Waals surface area (Å²) >= 11 is 0. The van der Waals surface area contributed by atoms with Crippen LogP contribution in [0.5, 0.6) is 0 Å². The van der Waals surface area contributed by atoms with Gasteiger partial charge in [0, 0.05) is 13.0 Å². The van der Waals surface area contributed by atoms with Gasteiger partial charge >= 0.3 is 5.97 Å². The fraction of sp³-hybridized carbons (Fsp3) is 0.817. The van der Waals surface area contributed by atoms with Gasteiger partial charge in [0.1, 0.15) is 19.3 Å². The average Bonchev–Trinajstić information content (AvgIpc) is 3.31. The van der Waals surface area contributed by atoms with Crippen molar-refractivity contribution in [1.82, 2.24) is 0 Å². The van der Waals surface area contributed by atoms with Crippen molar-refractivity contribution in [2.45, 2.75) is 264 Å². The van der Waals surface area contributed by atoms with Gasteiger partial charge in [0.05, 0.1) is 34.4 Å². The number of quaternary nitrogens is 1. The van der Waals surface area contributed by atoms with Gasteiger partial charge in [-0.2, -0.15) is 0 Å². The SMILES string of the molecule is CCCCCCC/C=C\C/C=C\C/C=C\CCCCCCCCCCCCC(=O)OC(COCCCCCCCCCCCC/C=C\C/C=C\CCCCCCC)COP(=O)([O-])OCC[N+](C)(C)C. The molecule has 0 aliphatic carbocycles. The number of rotatable bonds is 54.